The number of thiazole rings is 1. The molecule has 0 atom stereocenters. The van der Waals surface area contributed by atoms with E-state index in [1.807, 2.05) is 18.2 Å². The first kappa shape index (κ1) is 23.1. The van der Waals surface area contributed by atoms with Crippen LogP contribution >= 0.6 is 11.3 Å². The van der Waals surface area contributed by atoms with E-state index in [1.54, 1.807) is 36.7 Å². The van der Waals surface area contributed by atoms with Crippen molar-refractivity contribution in [3.05, 3.63) is 72.1 Å². The first-order valence-corrected chi connectivity index (χ1v) is 12.4. The normalized spacial score (nSPS) is 14.2. The number of carbonyl (C=O) groups excluding carboxylic acids is 1. The first-order valence-electron chi connectivity index (χ1n) is 11.6. The summed E-state index contributed by atoms with van der Waals surface area (Å²) in [6.45, 7) is 5.07. The van der Waals surface area contributed by atoms with Gasteiger partial charge in [0, 0.05) is 63.8 Å². The molecule has 0 saturated carbocycles. The van der Waals surface area contributed by atoms with E-state index in [9.17, 15) is 4.79 Å². The zero-order valence-electron chi connectivity index (χ0n) is 19.8. The van der Waals surface area contributed by atoms with Gasteiger partial charge in [0.25, 0.3) is 5.91 Å². The number of hydrogen-bond donors (Lipinski definition) is 2. The van der Waals surface area contributed by atoms with Gasteiger partial charge in [0.15, 0.2) is 5.13 Å². The molecule has 1 aliphatic heterocycles. The van der Waals surface area contributed by atoms with Crippen LogP contribution in [0, 0.1) is 0 Å². The molecule has 0 bridgehead atoms. The summed E-state index contributed by atoms with van der Waals surface area (Å²) in [5, 5.41) is 6.88. The van der Waals surface area contributed by atoms with Gasteiger partial charge in [-0.3, -0.25) is 9.78 Å². The third-order valence-electron chi connectivity index (χ3n) is 6.04. The molecule has 2 aromatic heterocycles. The molecule has 35 heavy (non-hydrogen) atoms. The molecule has 0 spiro atoms. The summed E-state index contributed by atoms with van der Waals surface area (Å²) in [4.78, 5) is 25.4. The minimum Gasteiger partial charge on any atom is -0.457 e. The Morgan fingerprint density at radius 2 is 1.80 bits per heavy atom. The molecule has 0 radical (unpaired) electrons. The summed E-state index contributed by atoms with van der Waals surface area (Å²) >= 11 is 1.59. The number of likely N-dealkylation sites (N-methyl/N-ethyl adjacent to an activating group) is 1. The Morgan fingerprint density at radius 1 is 1.03 bits per heavy atom. The van der Waals surface area contributed by atoms with Gasteiger partial charge in [0.2, 0.25) is 0 Å². The van der Waals surface area contributed by atoms with Crippen molar-refractivity contribution in [3.8, 4) is 11.5 Å². The van der Waals surface area contributed by atoms with Gasteiger partial charge in [-0.25, -0.2) is 4.98 Å². The highest BCUT2D eigenvalue weighted by molar-refractivity contribution is 7.22. The largest absolute Gasteiger partial charge is 0.457 e. The highest BCUT2D eigenvalue weighted by Gasteiger charge is 2.14. The maximum Gasteiger partial charge on any atom is 0.269 e. The van der Waals surface area contributed by atoms with Gasteiger partial charge in [-0.15, -0.1) is 0 Å². The summed E-state index contributed by atoms with van der Waals surface area (Å²) in [6, 6.07) is 17.9. The number of amides is 1. The van der Waals surface area contributed by atoms with Gasteiger partial charge in [-0.2, -0.15) is 0 Å². The smallest absolute Gasteiger partial charge is 0.269 e. The molecule has 1 fully saturated rings. The van der Waals surface area contributed by atoms with Crippen LogP contribution in [0.15, 0.2) is 60.8 Å². The van der Waals surface area contributed by atoms with Gasteiger partial charge in [-0.05, 0) is 42.9 Å². The number of anilines is 2. The minimum atomic E-state index is -0.252. The van der Waals surface area contributed by atoms with Crippen molar-refractivity contribution in [2.75, 3.05) is 50.5 Å². The first-order chi connectivity index (χ1) is 17.1. The van der Waals surface area contributed by atoms with E-state index in [0.717, 1.165) is 41.5 Å². The van der Waals surface area contributed by atoms with Crippen LogP contribution in [-0.2, 0) is 6.54 Å². The van der Waals surface area contributed by atoms with E-state index in [4.69, 9.17) is 9.72 Å². The molecule has 8 nitrogen and oxygen atoms in total. The quantitative estimate of drug-likeness (QED) is 0.403. The van der Waals surface area contributed by atoms with Crippen molar-refractivity contribution in [1.29, 1.82) is 0 Å². The van der Waals surface area contributed by atoms with Gasteiger partial charge in [0.1, 0.15) is 17.2 Å². The van der Waals surface area contributed by atoms with Crippen LogP contribution in [0.1, 0.15) is 16.1 Å². The molecule has 4 aromatic rings. The van der Waals surface area contributed by atoms with Crippen molar-refractivity contribution < 1.29 is 9.53 Å². The minimum absolute atomic E-state index is 0.252. The zero-order chi connectivity index (χ0) is 24.2. The Balaban J connectivity index is 1.21. The van der Waals surface area contributed by atoms with Crippen LogP contribution < -0.4 is 20.3 Å². The van der Waals surface area contributed by atoms with E-state index in [-0.39, 0.29) is 5.91 Å². The third-order valence-corrected chi connectivity index (χ3v) is 7.01. The Hall–Kier alpha value is -3.69. The third kappa shape index (κ3) is 5.52. The van der Waals surface area contributed by atoms with Crippen molar-refractivity contribution in [2.24, 2.45) is 0 Å². The maximum absolute atomic E-state index is 11.8. The fraction of sp³-hybridized carbons (Fsp3) is 0.269. The summed E-state index contributed by atoms with van der Waals surface area (Å²) in [5.41, 5.74) is 3.73. The number of ether oxygens (including phenoxy) is 1. The van der Waals surface area contributed by atoms with Gasteiger partial charge >= 0.3 is 0 Å². The second-order valence-corrected chi connectivity index (χ2v) is 9.55. The average molecular weight is 489 g/mol. The van der Waals surface area contributed by atoms with Crippen molar-refractivity contribution >= 4 is 38.3 Å². The molecule has 0 unspecified atom stereocenters. The number of piperazine rings is 1. The zero-order valence-corrected chi connectivity index (χ0v) is 20.6. The molecule has 2 aromatic carbocycles. The lowest BCUT2D eigenvalue weighted by atomic mass is 10.2. The molecule has 3 heterocycles. The summed E-state index contributed by atoms with van der Waals surface area (Å²) in [5.74, 6) is 0.986. The van der Waals surface area contributed by atoms with Gasteiger partial charge in [0.05, 0.1) is 10.2 Å². The topological polar surface area (TPSA) is 82.6 Å². The number of rotatable bonds is 7. The Labute approximate surface area is 208 Å². The molecule has 180 valence electrons. The van der Waals surface area contributed by atoms with Crippen molar-refractivity contribution in [1.82, 2.24) is 20.2 Å². The van der Waals surface area contributed by atoms with Crippen LogP contribution in [0.2, 0.25) is 0 Å². The Kier molecular flexibility index (Phi) is 6.78. The van der Waals surface area contributed by atoms with Crippen molar-refractivity contribution in [3.63, 3.8) is 0 Å². The number of pyridine rings is 1. The highest BCUT2D eigenvalue weighted by atomic mass is 32.1. The van der Waals surface area contributed by atoms with Gasteiger partial charge in [-0.1, -0.05) is 23.5 Å². The number of carbonyl (C=O) groups is 1. The van der Waals surface area contributed by atoms with E-state index < -0.39 is 0 Å². The predicted molar refractivity (Wildman–Crippen MR) is 141 cm³/mol. The molecular formula is C26H28N6O2S. The van der Waals surface area contributed by atoms with Crippen LogP contribution in [0.4, 0.5) is 10.8 Å². The van der Waals surface area contributed by atoms with Crippen LogP contribution in [-0.4, -0.2) is 61.0 Å². The predicted octanol–water partition coefficient (Wildman–Crippen LogP) is 4.21. The number of aromatic nitrogens is 2. The second kappa shape index (κ2) is 10.3. The number of nitrogens with one attached hydrogen (secondary N) is 2. The standard InChI is InChI=1S/C26H28N6O2S/c1-27-25(33)23-15-21(9-10-28-23)34-20-7-8-22-24(16-20)35-26(30-22)29-17-18-3-5-19(6-4-18)32-13-11-31(2)12-14-32/h3-10,15-16H,11-14,17H2,1-2H3,(H,27,33)(H,29,30). The lowest BCUT2D eigenvalue weighted by Gasteiger charge is -2.34. The summed E-state index contributed by atoms with van der Waals surface area (Å²) in [7, 11) is 3.75. The Morgan fingerprint density at radius 3 is 2.57 bits per heavy atom. The molecule has 2 N–H and O–H groups in total. The fourth-order valence-corrected chi connectivity index (χ4v) is 4.86. The van der Waals surface area contributed by atoms with Crippen molar-refractivity contribution in [2.45, 2.75) is 6.54 Å². The second-order valence-electron chi connectivity index (χ2n) is 8.52. The van der Waals surface area contributed by atoms with Crippen LogP contribution in [0.5, 0.6) is 11.5 Å². The molecule has 9 heteroatoms. The van der Waals surface area contributed by atoms with Crippen LogP contribution in [0.3, 0.4) is 0 Å². The van der Waals surface area contributed by atoms with E-state index in [0.29, 0.717) is 23.7 Å². The lowest BCUT2D eigenvalue weighted by molar-refractivity contribution is 0.0958. The van der Waals surface area contributed by atoms with E-state index in [2.05, 4.69) is 56.7 Å². The molecule has 0 aliphatic carbocycles. The number of benzene rings is 2. The molecule has 1 amide bonds. The molecule has 5 rings (SSSR count). The SMILES string of the molecule is CNC(=O)c1cc(Oc2ccc3nc(NCc4ccc(N5CCN(C)CC5)cc4)sc3c2)ccn1. The molecular weight excluding hydrogens is 460 g/mol. The molecule has 1 aliphatic rings. The number of nitrogens with zero attached hydrogens (tertiary/aromatic N) is 4. The van der Waals surface area contributed by atoms with E-state index >= 15 is 0 Å². The summed E-state index contributed by atoms with van der Waals surface area (Å²) < 4.78 is 6.98. The van der Waals surface area contributed by atoms with Crippen LogP contribution in [0.25, 0.3) is 10.2 Å². The highest BCUT2D eigenvalue weighted by Crippen LogP contribution is 2.31. The molecule has 1 saturated heterocycles. The monoisotopic (exact) mass is 488 g/mol. The van der Waals surface area contributed by atoms with Gasteiger partial charge < -0.3 is 25.2 Å². The number of fused-ring (bicyclic) bond motifs is 1. The fourth-order valence-electron chi connectivity index (χ4n) is 3.97. The summed E-state index contributed by atoms with van der Waals surface area (Å²) in [6.07, 6.45) is 1.56. The average Bonchev–Trinajstić information content (AvgIpc) is 3.30. The van der Waals surface area contributed by atoms with E-state index in [1.165, 1.54) is 11.3 Å². The number of hydrogen-bond acceptors (Lipinski definition) is 8. The lowest BCUT2D eigenvalue weighted by Crippen LogP contribution is -2.44. The maximum atomic E-state index is 11.8. The Bertz CT molecular complexity index is 1320.